The van der Waals surface area contributed by atoms with E-state index in [1.165, 1.54) is 26.4 Å². The van der Waals surface area contributed by atoms with E-state index in [1.54, 1.807) is 24.3 Å². The van der Waals surface area contributed by atoms with Gasteiger partial charge in [-0.05, 0) is 62.4 Å². The van der Waals surface area contributed by atoms with Gasteiger partial charge in [-0.2, -0.15) is 5.26 Å². The molecular formula is C43H53FN4O7. The largest absolute Gasteiger partial charge is 0.495 e. The van der Waals surface area contributed by atoms with E-state index < -0.39 is 11.8 Å². The Morgan fingerprint density at radius 2 is 1.67 bits per heavy atom. The average Bonchev–Trinajstić information content (AvgIpc) is 3.15. The average molecular weight is 757 g/mol. The summed E-state index contributed by atoms with van der Waals surface area (Å²) in [5, 5.41) is 12.6. The van der Waals surface area contributed by atoms with Crippen molar-refractivity contribution in [2.45, 2.75) is 90.8 Å². The number of carbonyl (C=O) groups is 2. The second kappa shape index (κ2) is 16.1. The van der Waals surface area contributed by atoms with Crippen LogP contribution < -0.4 is 24.4 Å². The number of halogens is 1. The summed E-state index contributed by atoms with van der Waals surface area (Å²) in [7, 11) is 2.75. The quantitative estimate of drug-likeness (QED) is 0.190. The zero-order valence-electron chi connectivity index (χ0n) is 33.1. The number of carbonyl (C=O) groups excluding carboxylic acids is 2. The number of amides is 1. The van der Waals surface area contributed by atoms with Crippen molar-refractivity contribution in [3.8, 4) is 23.3 Å². The van der Waals surface area contributed by atoms with Crippen LogP contribution in [0.2, 0.25) is 0 Å². The third kappa shape index (κ3) is 8.24. The first kappa shape index (κ1) is 39.8. The lowest BCUT2D eigenvalue weighted by atomic mass is 9.49. The molecule has 3 aromatic rings. The van der Waals surface area contributed by atoms with Crippen molar-refractivity contribution in [2.24, 2.45) is 10.8 Å². The lowest BCUT2D eigenvalue weighted by Crippen LogP contribution is -2.74. The number of anilines is 1. The molecule has 1 N–H and O–H groups in total. The number of benzene rings is 3. The monoisotopic (exact) mass is 756 g/mol. The van der Waals surface area contributed by atoms with Gasteiger partial charge in [0.15, 0.2) is 0 Å². The summed E-state index contributed by atoms with van der Waals surface area (Å²) in [6, 6.07) is 19.8. The van der Waals surface area contributed by atoms with E-state index in [0.717, 1.165) is 38.2 Å². The zero-order chi connectivity index (χ0) is 39.7. The van der Waals surface area contributed by atoms with Gasteiger partial charge in [0.05, 0.1) is 38.1 Å². The molecule has 1 atom stereocenters. The molecule has 0 aromatic heterocycles. The maximum atomic E-state index is 14.4. The zero-order valence-corrected chi connectivity index (χ0v) is 33.1. The van der Waals surface area contributed by atoms with E-state index in [1.807, 2.05) is 24.3 Å². The van der Waals surface area contributed by atoms with Crippen LogP contribution in [0, 0.1) is 28.0 Å². The predicted octanol–water partition coefficient (Wildman–Crippen LogP) is 6.63. The number of nitrogens with one attached hydrogen (secondary N) is 1. The van der Waals surface area contributed by atoms with Crippen LogP contribution in [0.3, 0.4) is 0 Å². The topological polar surface area (TPSA) is 123 Å². The van der Waals surface area contributed by atoms with Gasteiger partial charge in [0.2, 0.25) is 0 Å². The predicted molar refractivity (Wildman–Crippen MR) is 206 cm³/mol. The summed E-state index contributed by atoms with van der Waals surface area (Å²) in [5.74, 6) is -0.0252. The van der Waals surface area contributed by atoms with Gasteiger partial charge in [-0.3, -0.25) is 9.69 Å². The number of nitriles is 1. The first-order chi connectivity index (χ1) is 26.2. The van der Waals surface area contributed by atoms with Crippen molar-refractivity contribution >= 4 is 17.6 Å². The van der Waals surface area contributed by atoms with Gasteiger partial charge in [-0.1, -0.05) is 27.7 Å². The number of ether oxygens (including phenoxy) is 5. The molecule has 1 saturated heterocycles. The number of esters is 1. The van der Waals surface area contributed by atoms with Crippen molar-refractivity contribution in [3.63, 3.8) is 0 Å². The number of hydrogen-bond donors (Lipinski definition) is 1. The minimum atomic E-state index is -0.716. The fraction of sp³-hybridized carbons (Fsp3) is 0.512. The van der Waals surface area contributed by atoms with Crippen LogP contribution in [0.1, 0.15) is 80.7 Å². The third-order valence-electron chi connectivity index (χ3n) is 11.6. The molecule has 55 heavy (non-hydrogen) atoms. The SMILES string of the molecule is COC(=O)c1ccc(OC2CC(N(CC3CN(c4ccc(C(=O)NC5C(C)(C)C(Oc6ccc(C#N)c(OC)c6)C5(C)C)cc4)CCO3)C(C)C)C2)cc1F. The molecule has 1 heterocycles. The van der Waals surface area contributed by atoms with Crippen LogP contribution in [-0.2, 0) is 9.47 Å². The van der Waals surface area contributed by atoms with Gasteiger partial charge >= 0.3 is 5.97 Å². The lowest BCUT2D eigenvalue weighted by Gasteiger charge is -2.63. The Kier molecular flexibility index (Phi) is 11.6. The molecule has 1 aliphatic heterocycles. The Morgan fingerprint density at radius 1 is 1.00 bits per heavy atom. The molecule has 3 aromatic carbocycles. The van der Waals surface area contributed by atoms with Gasteiger partial charge in [0.1, 0.15) is 41.3 Å². The third-order valence-corrected chi connectivity index (χ3v) is 11.6. The molecular weight excluding hydrogens is 703 g/mol. The van der Waals surface area contributed by atoms with Crippen LogP contribution in [0.4, 0.5) is 10.1 Å². The molecule has 6 rings (SSSR count). The second-order valence-electron chi connectivity index (χ2n) is 16.3. The highest BCUT2D eigenvalue weighted by Gasteiger charge is 2.64. The van der Waals surface area contributed by atoms with Crippen LogP contribution in [0.5, 0.6) is 17.2 Å². The molecule has 3 fully saturated rings. The van der Waals surface area contributed by atoms with Crippen molar-refractivity contribution in [3.05, 3.63) is 83.2 Å². The van der Waals surface area contributed by atoms with E-state index >= 15 is 0 Å². The highest BCUT2D eigenvalue weighted by atomic mass is 19.1. The first-order valence-corrected chi connectivity index (χ1v) is 19.0. The number of morpholine rings is 1. The van der Waals surface area contributed by atoms with Crippen LogP contribution in [-0.4, -0.2) is 93.7 Å². The highest BCUT2D eigenvalue weighted by Crippen LogP contribution is 2.55. The number of nitrogens with zero attached hydrogens (tertiary/aromatic N) is 3. The maximum Gasteiger partial charge on any atom is 0.340 e. The second-order valence-corrected chi connectivity index (χ2v) is 16.3. The summed E-state index contributed by atoms with van der Waals surface area (Å²) in [4.78, 5) is 30.1. The summed E-state index contributed by atoms with van der Waals surface area (Å²) < 4.78 is 43.1. The highest BCUT2D eigenvalue weighted by molar-refractivity contribution is 5.95. The van der Waals surface area contributed by atoms with Crippen LogP contribution in [0.25, 0.3) is 0 Å². The molecule has 0 bridgehead atoms. The van der Waals surface area contributed by atoms with Gasteiger partial charge in [-0.25, -0.2) is 9.18 Å². The number of methoxy groups -OCH3 is 2. The summed E-state index contributed by atoms with van der Waals surface area (Å²) in [5.41, 5.74) is 1.24. The molecule has 294 valence electrons. The van der Waals surface area contributed by atoms with Crippen molar-refractivity contribution < 1.29 is 37.7 Å². The van der Waals surface area contributed by atoms with Crippen molar-refractivity contribution in [1.82, 2.24) is 10.2 Å². The molecule has 1 unspecified atom stereocenters. The standard InChI is InChI=1S/C43H53FN4O7/c1-26(2)48(30-19-33(20-30)54-31-15-16-35(36(44)21-31)39(50)52-8)25-34-24-47(17-18-53-34)29-12-9-27(10-13-29)38(49)46-40-42(3,4)41(43(40,5)6)55-32-14-11-28(23-45)37(22-32)51-7/h9-16,21-22,26,30,33-34,40-41H,17-20,24-25H2,1-8H3,(H,46,49). The minimum Gasteiger partial charge on any atom is -0.495 e. The minimum absolute atomic E-state index is 0.00247. The number of hydrogen-bond acceptors (Lipinski definition) is 10. The lowest BCUT2D eigenvalue weighted by molar-refractivity contribution is -0.164. The van der Waals surface area contributed by atoms with E-state index in [0.29, 0.717) is 47.1 Å². The fourth-order valence-corrected chi connectivity index (χ4v) is 8.83. The van der Waals surface area contributed by atoms with Gasteiger partial charge in [-0.15, -0.1) is 0 Å². The van der Waals surface area contributed by atoms with Crippen LogP contribution >= 0.6 is 0 Å². The Bertz CT molecular complexity index is 1890. The molecule has 0 spiro atoms. The van der Waals surface area contributed by atoms with E-state index in [9.17, 15) is 19.2 Å². The number of rotatable bonds is 13. The molecule has 11 nitrogen and oxygen atoms in total. The van der Waals surface area contributed by atoms with Gasteiger partial charge in [0.25, 0.3) is 5.91 Å². The smallest absolute Gasteiger partial charge is 0.340 e. The van der Waals surface area contributed by atoms with Crippen LogP contribution in [0.15, 0.2) is 60.7 Å². The molecule has 2 aliphatic carbocycles. The van der Waals surface area contributed by atoms with E-state index in [4.69, 9.17) is 18.9 Å². The fourth-order valence-electron chi connectivity index (χ4n) is 8.83. The molecule has 2 saturated carbocycles. The Labute approximate surface area is 323 Å². The maximum absolute atomic E-state index is 14.4. The molecule has 1 amide bonds. The summed E-state index contributed by atoms with van der Waals surface area (Å²) >= 11 is 0. The Hall–Kier alpha value is -4.86. The Balaban J connectivity index is 1.01. The van der Waals surface area contributed by atoms with Crippen molar-refractivity contribution in [1.29, 1.82) is 5.26 Å². The summed E-state index contributed by atoms with van der Waals surface area (Å²) in [6.45, 7) is 15.6. The molecule has 3 aliphatic rings. The van der Waals surface area contributed by atoms with E-state index in [2.05, 4.69) is 67.5 Å². The molecule has 12 heteroatoms. The molecule has 0 radical (unpaired) electrons. The Morgan fingerprint density at radius 3 is 2.29 bits per heavy atom. The first-order valence-electron chi connectivity index (χ1n) is 19.0. The van der Waals surface area contributed by atoms with Crippen molar-refractivity contribution in [2.75, 3.05) is 45.4 Å². The van der Waals surface area contributed by atoms with Gasteiger partial charge < -0.3 is 33.9 Å². The van der Waals surface area contributed by atoms with E-state index in [-0.39, 0.29) is 46.7 Å². The normalized spacial score (nSPS) is 23.9. The summed E-state index contributed by atoms with van der Waals surface area (Å²) in [6.07, 6.45) is 1.41. The van der Waals surface area contributed by atoms with Gasteiger partial charge in [0, 0.05) is 84.8 Å².